The van der Waals surface area contributed by atoms with E-state index in [-0.39, 0.29) is 5.78 Å². The van der Waals surface area contributed by atoms with Crippen LogP contribution in [0.2, 0.25) is 0 Å². The second kappa shape index (κ2) is 4.15. The van der Waals surface area contributed by atoms with Gasteiger partial charge in [0.2, 0.25) is 0 Å². The third kappa shape index (κ3) is 2.48. The number of ketones is 1. The third-order valence-electron chi connectivity index (χ3n) is 1.49. The Morgan fingerprint density at radius 3 is 2.23 bits per heavy atom. The van der Waals surface area contributed by atoms with Crippen LogP contribution in [0.3, 0.4) is 0 Å². The van der Waals surface area contributed by atoms with Gasteiger partial charge in [-0.15, -0.1) is 0 Å². The number of hydrogen-bond donors (Lipinski definition) is 0. The van der Waals surface area contributed by atoms with Gasteiger partial charge in [0.05, 0.1) is 0 Å². The highest BCUT2D eigenvalue weighted by molar-refractivity contribution is 9.26. The van der Waals surface area contributed by atoms with Crippen LogP contribution >= 0.6 is 31.9 Å². The molecule has 0 aliphatic rings. The molecule has 68 valence electrons. The van der Waals surface area contributed by atoms with Crippen LogP contribution in [0.1, 0.15) is 10.4 Å². The molecular formula is C9H6Br2O2. The minimum absolute atomic E-state index is 0.303. The van der Waals surface area contributed by atoms with Gasteiger partial charge in [0.25, 0.3) is 0 Å². The largest absolute Gasteiger partial charge is 0.300 e. The van der Waals surface area contributed by atoms with Crippen LogP contribution in [0.4, 0.5) is 0 Å². The molecule has 0 saturated heterocycles. The molecular weight excluding hydrogens is 300 g/mol. The summed E-state index contributed by atoms with van der Waals surface area (Å²) < 4.78 is -1.29. The summed E-state index contributed by atoms with van der Waals surface area (Å²) in [6, 6.07) is 8.61. The maximum absolute atomic E-state index is 11.6. The average Bonchev–Trinajstić information content (AvgIpc) is 2.18. The molecule has 0 aromatic heterocycles. The number of benzene rings is 1. The van der Waals surface area contributed by atoms with Crippen molar-refractivity contribution in [2.75, 3.05) is 0 Å². The third-order valence-corrected chi connectivity index (χ3v) is 2.58. The van der Waals surface area contributed by atoms with Gasteiger partial charge in [0.1, 0.15) is 0 Å². The first-order chi connectivity index (χ1) is 6.08. The lowest BCUT2D eigenvalue weighted by Crippen LogP contribution is -2.26. The van der Waals surface area contributed by atoms with Crippen molar-refractivity contribution in [1.82, 2.24) is 0 Å². The Kier molecular flexibility index (Phi) is 3.39. The van der Waals surface area contributed by atoms with Crippen LogP contribution in [0.25, 0.3) is 0 Å². The molecule has 1 aromatic carbocycles. The maximum atomic E-state index is 11.6. The lowest BCUT2D eigenvalue weighted by molar-refractivity contribution is -0.107. The van der Waals surface area contributed by atoms with Crippen molar-refractivity contribution in [2.45, 2.75) is 3.23 Å². The zero-order valence-electron chi connectivity index (χ0n) is 6.54. The Balaban J connectivity index is 2.99. The molecule has 0 N–H and O–H groups in total. The number of hydrogen-bond acceptors (Lipinski definition) is 2. The number of aldehydes is 1. The van der Waals surface area contributed by atoms with Crippen LogP contribution in [-0.4, -0.2) is 15.3 Å². The molecule has 13 heavy (non-hydrogen) atoms. The molecule has 0 bridgehead atoms. The number of carbonyl (C=O) groups is 2. The summed E-state index contributed by atoms with van der Waals surface area (Å²) in [6.07, 6.45) is 0.516. The van der Waals surface area contributed by atoms with Gasteiger partial charge in [-0.1, -0.05) is 62.2 Å². The maximum Gasteiger partial charge on any atom is 0.197 e. The van der Waals surface area contributed by atoms with Crippen molar-refractivity contribution in [3.05, 3.63) is 35.9 Å². The van der Waals surface area contributed by atoms with E-state index in [4.69, 9.17) is 0 Å². The van der Waals surface area contributed by atoms with Gasteiger partial charge >= 0.3 is 0 Å². The highest BCUT2D eigenvalue weighted by Gasteiger charge is 2.32. The molecule has 0 amide bonds. The first-order valence-corrected chi connectivity index (χ1v) is 5.10. The van der Waals surface area contributed by atoms with Crippen LogP contribution < -0.4 is 0 Å². The van der Waals surface area contributed by atoms with E-state index in [9.17, 15) is 9.59 Å². The highest BCUT2D eigenvalue weighted by atomic mass is 79.9. The molecule has 0 radical (unpaired) electrons. The number of carbonyl (C=O) groups excluding carboxylic acids is 2. The van der Waals surface area contributed by atoms with E-state index in [1.54, 1.807) is 24.3 Å². The minimum atomic E-state index is -1.29. The van der Waals surface area contributed by atoms with Crippen molar-refractivity contribution < 1.29 is 9.59 Å². The smallest absolute Gasteiger partial charge is 0.197 e. The van der Waals surface area contributed by atoms with Gasteiger partial charge < -0.3 is 4.79 Å². The van der Waals surface area contributed by atoms with Gasteiger partial charge in [-0.3, -0.25) is 4.79 Å². The fourth-order valence-electron chi connectivity index (χ4n) is 0.835. The quantitative estimate of drug-likeness (QED) is 0.372. The highest BCUT2D eigenvalue weighted by Crippen LogP contribution is 2.27. The standard InChI is InChI=1S/C9H6Br2O2/c10-9(11,6-12)8(13)7-4-2-1-3-5-7/h1-6H. The molecule has 0 aliphatic heterocycles. The van der Waals surface area contributed by atoms with Crippen molar-refractivity contribution in [3.8, 4) is 0 Å². The Labute approximate surface area is 92.6 Å². The van der Waals surface area contributed by atoms with Crippen molar-refractivity contribution >= 4 is 43.9 Å². The molecule has 0 fully saturated rings. The van der Waals surface area contributed by atoms with Crippen LogP contribution in [-0.2, 0) is 4.79 Å². The van der Waals surface area contributed by atoms with Gasteiger partial charge in [0.15, 0.2) is 15.3 Å². The lowest BCUT2D eigenvalue weighted by atomic mass is 10.1. The zero-order valence-corrected chi connectivity index (χ0v) is 9.71. The monoisotopic (exact) mass is 304 g/mol. The van der Waals surface area contributed by atoms with Crippen molar-refractivity contribution in [1.29, 1.82) is 0 Å². The Bertz CT molecular complexity index is 320. The normalized spacial score (nSPS) is 10.9. The summed E-state index contributed by atoms with van der Waals surface area (Å²) in [6.45, 7) is 0. The zero-order chi connectivity index (χ0) is 9.90. The SMILES string of the molecule is O=CC(Br)(Br)C(=O)c1ccccc1. The molecule has 2 nitrogen and oxygen atoms in total. The Morgan fingerprint density at radius 1 is 1.23 bits per heavy atom. The molecule has 0 saturated carbocycles. The topological polar surface area (TPSA) is 34.1 Å². The molecule has 1 aromatic rings. The molecule has 0 heterocycles. The van der Waals surface area contributed by atoms with Crippen LogP contribution in [0.15, 0.2) is 30.3 Å². The number of Topliss-reactive ketones (excluding diaryl/α,β-unsaturated/α-hetero) is 1. The molecule has 1 rings (SSSR count). The molecule has 0 aliphatic carbocycles. The molecule has 0 spiro atoms. The van der Waals surface area contributed by atoms with Crippen molar-refractivity contribution in [3.63, 3.8) is 0 Å². The summed E-state index contributed by atoms with van der Waals surface area (Å²) in [4.78, 5) is 22.1. The summed E-state index contributed by atoms with van der Waals surface area (Å²) >= 11 is 5.96. The number of halogens is 2. The number of rotatable bonds is 3. The Hall–Kier alpha value is -0.480. The van der Waals surface area contributed by atoms with Crippen LogP contribution in [0, 0.1) is 0 Å². The lowest BCUT2D eigenvalue weighted by Gasteiger charge is -2.10. The number of alkyl halides is 2. The van der Waals surface area contributed by atoms with Crippen molar-refractivity contribution in [2.24, 2.45) is 0 Å². The Morgan fingerprint density at radius 2 is 1.77 bits per heavy atom. The van der Waals surface area contributed by atoms with Crippen LogP contribution in [0.5, 0.6) is 0 Å². The summed E-state index contributed by atoms with van der Waals surface area (Å²) in [5.74, 6) is -0.303. The summed E-state index contributed by atoms with van der Waals surface area (Å²) in [5, 5.41) is 0. The van der Waals surface area contributed by atoms with Gasteiger partial charge in [0, 0.05) is 5.56 Å². The minimum Gasteiger partial charge on any atom is -0.300 e. The second-order valence-electron chi connectivity index (χ2n) is 2.44. The van der Waals surface area contributed by atoms with E-state index in [0.717, 1.165) is 0 Å². The second-order valence-corrected chi connectivity index (χ2v) is 6.00. The summed E-state index contributed by atoms with van der Waals surface area (Å²) in [7, 11) is 0. The predicted octanol–water partition coefficient (Wildman–Crippen LogP) is 2.55. The van der Waals surface area contributed by atoms with E-state index in [1.807, 2.05) is 6.07 Å². The molecule has 0 unspecified atom stereocenters. The first-order valence-electron chi connectivity index (χ1n) is 3.52. The van der Waals surface area contributed by atoms with E-state index in [2.05, 4.69) is 31.9 Å². The van der Waals surface area contributed by atoms with E-state index >= 15 is 0 Å². The molecule has 4 heteroatoms. The van der Waals surface area contributed by atoms with Gasteiger partial charge in [-0.05, 0) is 0 Å². The van der Waals surface area contributed by atoms with E-state index in [1.165, 1.54) is 0 Å². The summed E-state index contributed by atoms with van der Waals surface area (Å²) in [5.41, 5.74) is 0.489. The first kappa shape index (κ1) is 10.6. The fourth-order valence-corrected chi connectivity index (χ4v) is 1.29. The van der Waals surface area contributed by atoms with Gasteiger partial charge in [-0.2, -0.15) is 0 Å². The van der Waals surface area contributed by atoms with E-state index < -0.39 is 3.23 Å². The van der Waals surface area contributed by atoms with Gasteiger partial charge in [-0.25, -0.2) is 0 Å². The van der Waals surface area contributed by atoms with E-state index in [0.29, 0.717) is 11.8 Å². The predicted molar refractivity (Wildman–Crippen MR) is 57.4 cm³/mol. The molecule has 0 atom stereocenters. The average molecular weight is 306 g/mol. The fraction of sp³-hybridized carbons (Fsp3) is 0.111.